The largest absolute Gasteiger partial charge is 0.329 e. The number of amides is 1. The second-order valence-electron chi connectivity index (χ2n) is 9.79. The van der Waals surface area contributed by atoms with Gasteiger partial charge in [-0.05, 0) is 48.0 Å². The van der Waals surface area contributed by atoms with E-state index in [9.17, 15) is 22.0 Å². The molecule has 2 heterocycles. The van der Waals surface area contributed by atoms with Crippen LogP contribution in [-0.4, -0.2) is 47.1 Å². The fourth-order valence-electron chi connectivity index (χ4n) is 4.38. The summed E-state index contributed by atoms with van der Waals surface area (Å²) in [4.78, 5) is 27.8. The fraction of sp³-hybridized carbons (Fsp3) is 0.172. The van der Waals surface area contributed by atoms with Gasteiger partial charge in [-0.15, -0.1) is 0 Å². The molecule has 0 bridgehead atoms. The van der Waals surface area contributed by atoms with Crippen LogP contribution in [0.5, 0.6) is 0 Å². The number of rotatable bonds is 9. The molecule has 3 aromatic carbocycles. The average Bonchev–Trinajstić information content (AvgIpc) is 3.25. The van der Waals surface area contributed by atoms with Gasteiger partial charge in [-0.1, -0.05) is 24.3 Å². The number of carbonyl (C=O) groups excluding carboxylic acids is 1. The van der Waals surface area contributed by atoms with Crippen molar-refractivity contribution in [1.82, 2.24) is 19.5 Å². The van der Waals surface area contributed by atoms with Crippen LogP contribution in [0.3, 0.4) is 0 Å². The highest BCUT2D eigenvalue weighted by Crippen LogP contribution is 2.28. The van der Waals surface area contributed by atoms with Gasteiger partial charge in [-0.2, -0.15) is 4.98 Å². The number of halogens is 2. The summed E-state index contributed by atoms with van der Waals surface area (Å²) >= 11 is 0. The van der Waals surface area contributed by atoms with Crippen LogP contribution in [0.25, 0.3) is 11.0 Å². The molecule has 0 radical (unpaired) electrons. The van der Waals surface area contributed by atoms with Crippen molar-refractivity contribution < 1.29 is 22.0 Å². The number of sulfone groups is 1. The Morgan fingerprint density at radius 2 is 1.79 bits per heavy atom. The van der Waals surface area contributed by atoms with Crippen LogP contribution in [0.15, 0.2) is 72.9 Å². The summed E-state index contributed by atoms with van der Waals surface area (Å²) in [7, 11) is 0.459. The van der Waals surface area contributed by atoms with Crippen LogP contribution < -0.4 is 15.5 Å². The number of fused-ring (bicyclic) bond motifs is 1. The van der Waals surface area contributed by atoms with Gasteiger partial charge in [0.1, 0.15) is 5.82 Å². The Bertz CT molecular complexity index is 1890. The lowest BCUT2D eigenvalue weighted by Crippen LogP contribution is -2.18. The third kappa shape index (κ3) is 6.52. The molecule has 1 amide bonds. The summed E-state index contributed by atoms with van der Waals surface area (Å²) < 4.78 is 52.3. The van der Waals surface area contributed by atoms with Gasteiger partial charge in [0.15, 0.2) is 21.5 Å². The Morgan fingerprint density at radius 3 is 2.52 bits per heavy atom. The van der Waals surface area contributed by atoms with E-state index in [1.54, 1.807) is 48.1 Å². The van der Waals surface area contributed by atoms with Crippen molar-refractivity contribution in [2.24, 2.45) is 7.05 Å². The van der Waals surface area contributed by atoms with Crippen LogP contribution in [-0.2, 0) is 33.9 Å². The van der Waals surface area contributed by atoms with Crippen LogP contribution >= 0.6 is 0 Å². The highest BCUT2D eigenvalue weighted by molar-refractivity contribution is 7.89. The molecule has 0 spiro atoms. The maximum atomic E-state index is 14.0. The summed E-state index contributed by atoms with van der Waals surface area (Å²) in [6.45, 7) is 0. The standard InChI is InChI=1S/C29H27F2N7O3S/c1-37(25-13-14-32-28(35-25)33-20-9-7-18(8-10-20)17-42(3,40)41)21-11-12-24-23(16-21)34-29(38(24)2)36-26(39)15-19-5-4-6-22(30)27(19)31/h4-14,16H,15,17H2,1-3H3,(H,32,33,35)(H,34,36,39). The van der Waals surface area contributed by atoms with Gasteiger partial charge in [0.25, 0.3) is 0 Å². The summed E-state index contributed by atoms with van der Waals surface area (Å²) in [5.41, 5.74) is 3.48. The number of hydrogen-bond acceptors (Lipinski definition) is 8. The third-order valence-corrected chi connectivity index (χ3v) is 7.37. The highest BCUT2D eigenvalue weighted by Gasteiger charge is 2.16. The van der Waals surface area contributed by atoms with E-state index in [-0.39, 0.29) is 23.7 Å². The van der Waals surface area contributed by atoms with Crippen molar-refractivity contribution >= 4 is 55.9 Å². The van der Waals surface area contributed by atoms with Crippen LogP contribution in [0.1, 0.15) is 11.1 Å². The summed E-state index contributed by atoms with van der Waals surface area (Å²) in [5, 5.41) is 5.80. The first-order valence-electron chi connectivity index (χ1n) is 12.8. The van der Waals surface area contributed by atoms with Gasteiger partial charge in [0.05, 0.1) is 23.2 Å². The number of nitrogens with zero attached hydrogens (tertiary/aromatic N) is 5. The zero-order valence-electron chi connectivity index (χ0n) is 23.0. The molecule has 0 fully saturated rings. The lowest BCUT2D eigenvalue weighted by atomic mass is 10.1. The maximum Gasteiger partial charge on any atom is 0.231 e. The van der Waals surface area contributed by atoms with Crippen LogP contribution in [0, 0.1) is 11.6 Å². The molecule has 2 aromatic heterocycles. The summed E-state index contributed by atoms with van der Waals surface area (Å²) in [6, 6.07) is 18.0. The van der Waals surface area contributed by atoms with E-state index >= 15 is 0 Å². The smallest absolute Gasteiger partial charge is 0.231 e. The molecule has 0 atom stereocenters. The SMILES string of the molecule is CN(c1ccc2c(c1)nc(NC(=O)Cc1cccc(F)c1F)n2C)c1ccnc(Nc2ccc(CS(C)(=O)=O)cc2)n1. The number of aromatic nitrogens is 4. The second-order valence-corrected chi connectivity index (χ2v) is 11.9. The molecule has 0 aliphatic rings. The number of carbonyl (C=O) groups is 1. The lowest BCUT2D eigenvalue weighted by Gasteiger charge is -2.19. The van der Waals surface area contributed by atoms with Gasteiger partial charge in [-0.25, -0.2) is 27.2 Å². The molecule has 0 saturated carbocycles. The van der Waals surface area contributed by atoms with Gasteiger partial charge in [-0.3, -0.25) is 10.1 Å². The van der Waals surface area contributed by atoms with Crippen molar-refractivity contribution in [3.8, 4) is 0 Å². The number of hydrogen-bond donors (Lipinski definition) is 2. The van der Waals surface area contributed by atoms with E-state index in [4.69, 9.17) is 0 Å². The number of aryl methyl sites for hydroxylation is 1. The van der Waals surface area contributed by atoms with Crippen molar-refractivity contribution in [3.63, 3.8) is 0 Å². The molecule has 5 rings (SSSR count). The summed E-state index contributed by atoms with van der Waals surface area (Å²) in [6.07, 6.45) is 2.47. The quantitative estimate of drug-likeness (QED) is 0.249. The second kappa shape index (κ2) is 11.5. The van der Waals surface area contributed by atoms with Crippen LogP contribution in [0.2, 0.25) is 0 Å². The van der Waals surface area contributed by atoms with Gasteiger partial charge in [0, 0.05) is 43.5 Å². The Morgan fingerprint density at radius 1 is 1.02 bits per heavy atom. The normalized spacial score (nSPS) is 11.5. The molecule has 10 nitrogen and oxygen atoms in total. The minimum absolute atomic E-state index is 0.0343. The van der Waals surface area contributed by atoms with Gasteiger partial charge >= 0.3 is 0 Å². The van der Waals surface area contributed by atoms with Gasteiger partial charge in [0.2, 0.25) is 17.8 Å². The van der Waals surface area contributed by atoms with E-state index in [0.717, 1.165) is 17.3 Å². The zero-order chi connectivity index (χ0) is 30.0. The number of imidazole rings is 1. The molecule has 216 valence electrons. The first-order valence-corrected chi connectivity index (χ1v) is 14.8. The third-order valence-electron chi connectivity index (χ3n) is 6.51. The maximum absolute atomic E-state index is 14.0. The number of nitrogens with one attached hydrogen (secondary N) is 2. The molecule has 42 heavy (non-hydrogen) atoms. The highest BCUT2D eigenvalue weighted by atomic mass is 32.2. The fourth-order valence-corrected chi connectivity index (χ4v) is 5.18. The molecule has 0 saturated heterocycles. The van der Waals surface area contributed by atoms with Gasteiger partial charge < -0.3 is 14.8 Å². The monoisotopic (exact) mass is 591 g/mol. The average molecular weight is 592 g/mol. The zero-order valence-corrected chi connectivity index (χ0v) is 23.8. The lowest BCUT2D eigenvalue weighted by molar-refractivity contribution is -0.115. The Balaban J connectivity index is 1.30. The Hall–Kier alpha value is -4.91. The van der Waals surface area contributed by atoms with E-state index in [1.165, 1.54) is 18.4 Å². The molecule has 0 unspecified atom stereocenters. The first kappa shape index (κ1) is 28.6. The van der Waals surface area contributed by atoms with Crippen molar-refractivity contribution in [2.45, 2.75) is 12.2 Å². The topological polar surface area (TPSA) is 122 Å². The van der Waals surface area contributed by atoms with Crippen molar-refractivity contribution in [2.75, 3.05) is 28.8 Å². The van der Waals surface area contributed by atoms with E-state index < -0.39 is 27.4 Å². The minimum Gasteiger partial charge on any atom is -0.329 e. The van der Waals surface area contributed by atoms with E-state index in [0.29, 0.717) is 28.5 Å². The van der Waals surface area contributed by atoms with Crippen LogP contribution in [0.4, 0.5) is 37.9 Å². The minimum atomic E-state index is -3.12. The molecule has 2 N–H and O–H groups in total. The molecule has 0 aliphatic heterocycles. The predicted molar refractivity (Wildman–Crippen MR) is 158 cm³/mol. The number of anilines is 5. The van der Waals surface area contributed by atoms with E-state index in [2.05, 4.69) is 25.6 Å². The molecular weight excluding hydrogens is 564 g/mol. The molecule has 13 heteroatoms. The summed E-state index contributed by atoms with van der Waals surface area (Å²) in [5.74, 6) is -1.39. The first-order chi connectivity index (χ1) is 20.0. The van der Waals surface area contributed by atoms with E-state index in [1.807, 2.05) is 30.1 Å². The molecular formula is C29H27F2N7O3S. The van der Waals surface area contributed by atoms with Crippen molar-refractivity contribution in [1.29, 1.82) is 0 Å². The molecule has 5 aromatic rings. The Kier molecular flexibility index (Phi) is 7.85. The Labute approximate surface area is 241 Å². The van der Waals surface area contributed by atoms with Crippen molar-refractivity contribution in [3.05, 3.63) is 95.7 Å². The molecule has 0 aliphatic carbocycles. The predicted octanol–water partition coefficient (Wildman–Crippen LogP) is 4.88. The number of benzene rings is 3.